The van der Waals surface area contributed by atoms with E-state index in [-0.39, 0.29) is 23.2 Å². The highest BCUT2D eigenvalue weighted by Gasteiger charge is 2.29. The standard InChI is InChI=1S/C19H17ClN4O4/c1-24-14(8-11-6-7-15(25)16(9-11)28-2)17(26)22-18(24)23-19(27)21-13-5-3-4-12(20)10-13/h3-10,25H,1-2H3,(H2,21,22,23,26,27). The Kier molecular flexibility index (Phi) is 5.51. The van der Waals surface area contributed by atoms with E-state index in [2.05, 4.69) is 15.6 Å². The highest BCUT2D eigenvalue weighted by atomic mass is 35.5. The van der Waals surface area contributed by atoms with Crippen LogP contribution in [-0.4, -0.2) is 42.1 Å². The third-order valence-corrected chi connectivity index (χ3v) is 4.16. The van der Waals surface area contributed by atoms with Crippen LogP contribution in [0.25, 0.3) is 6.08 Å². The Balaban J connectivity index is 1.80. The second-order valence-corrected chi connectivity index (χ2v) is 6.29. The van der Waals surface area contributed by atoms with E-state index in [4.69, 9.17) is 16.3 Å². The molecule has 9 heteroatoms. The third kappa shape index (κ3) is 4.24. The Morgan fingerprint density at radius 2 is 2.11 bits per heavy atom. The molecular formula is C19H17ClN4O4. The van der Waals surface area contributed by atoms with Crippen LogP contribution in [-0.2, 0) is 4.79 Å². The van der Waals surface area contributed by atoms with Crippen LogP contribution in [0.1, 0.15) is 5.56 Å². The molecule has 2 aromatic carbocycles. The second-order valence-electron chi connectivity index (χ2n) is 5.85. The summed E-state index contributed by atoms with van der Waals surface area (Å²) in [7, 11) is 3.04. The van der Waals surface area contributed by atoms with Crippen LogP contribution in [0.15, 0.2) is 53.2 Å². The number of methoxy groups -OCH3 is 1. The Morgan fingerprint density at radius 3 is 2.82 bits per heavy atom. The number of aliphatic imine (C=N–C) groups is 1. The molecular weight excluding hydrogens is 384 g/mol. The molecule has 0 aliphatic carbocycles. The van der Waals surface area contributed by atoms with Gasteiger partial charge in [-0.05, 0) is 42.0 Å². The van der Waals surface area contributed by atoms with Gasteiger partial charge in [-0.2, -0.15) is 4.99 Å². The lowest BCUT2D eigenvalue weighted by Gasteiger charge is -2.11. The summed E-state index contributed by atoms with van der Waals surface area (Å²) in [5, 5.41) is 15.3. The molecule has 1 aliphatic rings. The first-order valence-corrected chi connectivity index (χ1v) is 8.54. The normalized spacial score (nSPS) is 16.4. The van der Waals surface area contributed by atoms with E-state index >= 15 is 0 Å². The van der Waals surface area contributed by atoms with Crippen molar-refractivity contribution in [1.82, 2.24) is 10.2 Å². The van der Waals surface area contributed by atoms with Crippen LogP contribution in [0.5, 0.6) is 11.5 Å². The number of urea groups is 1. The maximum atomic E-state index is 12.3. The fourth-order valence-corrected chi connectivity index (χ4v) is 2.73. The van der Waals surface area contributed by atoms with Crippen LogP contribution in [0, 0.1) is 0 Å². The number of hydrogen-bond acceptors (Lipinski definition) is 4. The lowest BCUT2D eigenvalue weighted by atomic mass is 10.1. The van der Waals surface area contributed by atoms with Gasteiger partial charge in [0.25, 0.3) is 5.91 Å². The lowest BCUT2D eigenvalue weighted by Crippen LogP contribution is -2.29. The molecule has 0 unspecified atom stereocenters. The number of phenolic OH excluding ortho intramolecular Hbond substituents is 1. The van der Waals surface area contributed by atoms with Gasteiger partial charge in [-0.25, -0.2) is 4.79 Å². The van der Waals surface area contributed by atoms with Crippen molar-refractivity contribution in [3.8, 4) is 11.5 Å². The summed E-state index contributed by atoms with van der Waals surface area (Å²) >= 11 is 5.88. The zero-order valence-corrected chi connectivity index (χ0v) is 15.8. The number of aromatic hydroxyl groups is 1. The van der Waals surface area contributed by atoms with E-state index in [9.17, 15) is 14.7 Å². The van der Waals surface area contributed by atoms with Gasteiger partial charge in [0.1, 0.15) is 5.70 Å². The number of benzene rings is 2. The molecule has 3 N–H and O–H groups in total. The van der Waals surface area contributed by atoms with Crippen molar-refractivity contribution in [3.63, 3.8) is 0 Å². The SMILES string of the molecule is COc1cc(C=C2C(=O)NC(=NC(=O)Nc3cccc(Cl)c3)N2C)ccc1O. The van der Waals surface area contributed by atoms with Gasteiger partial charge in [0.2, 0.25) is 5.96 Å². The van der Waals surface area contributed by atoms with Crippen LogP contribution in [0.3, 0.4) is 0 Å². The molecule has 1 heterocycles. The minimum atomic E-state index is -0.656. The predicted octanol–water partition coefficient (Wildman–Crippen LogP) is 3.04. The molecule has 144 valence electrons. The Labute approximate surface area is 166 Å². The fourth-order valence-electron chi connectivity index (χ4n) is 2.54. The van der Waals surface area contributed by atoms with Crippen molar-refractivity contribution >= 4 is 41.3 Å². The number of carbonyl (C=O) groups is 2. The molecule has 28 heavy (non-hydrogen) atoms. The zero-order chi connectivity index (χ0) is 20.3. The number of hydrogen-bond donors (Lipinski definition) is 3. The van der Waals surface area contributed by atoms with Gasteiger partial charge in [0.05, 0.1) is 7.11 Å². The zero-order valence-electron chi connectivity index (χ0n) is 15.1. The van der Waals surface area contributed by atoms with Gasteiger partial charge >= 0.3 is 6.03 Å². The summed E-state index contributed by atoms with van der Waals surface area (Å²) < 4.78 is 5.06. The number of rotatable bonds is 3. The lowest BCUT2D eigenvalue weighted by molar-refractivity contribution is -0.115. The van der Waals surface area contributed by atoms with E-state index < -0.39 is 11.9 Å². The number of guanidine groups is 1. The van der Waals surface area contributed by atoms with Crippen LogP contribution in [0.4, 0.5) is 10.5 Å². The Bertz CT molecular complexity index is 1000. The summed E-state index contributed by atoms with van der Waals surface area (Å²) in [5.41, 5.74) is 1.40. The van der Waals surface area contributed by atoms with Gasteiger partial charge in [-0.1, -0.05) is 23.7 Å². The molecule has 3 rings (SSSR count). The number of phenols is 1. The number of ether oxygens (including phenoxy) is 1. The minimum Gasteiger partial charge on any atom is -0.504 e. The fraction of sp³-hybridized carbons (Fsp3) is 0.105. The molecule has 1 aliphatic heterocycles. The highest BCUT2D eigenvalue weighted by Crippen LogP contribution is 2.28. The molecule has 2 aromatic rings. The van der Waals surface area contributed by atoms with Crippen molar-refractivity contribution in [1.29, 1.82) is 0 Å². The summed E-state index contributed by atoms with van der Waals surface area (Å²) in [6, 6.07) is 10.7. The van der Waals surface area contributed by atoms with Crippen molar-refractivity contribution < 1.29 is 19.4 Å². The third-order valence-electron chi connectivity index (χ3n) is 3.93. The molecule has 0 saturated carbocycles. The Hall–Kier alpha value is -3.52. The first-order chi connectivity index (χ1) is 13.4. The molecule has 3 amide bonds. The van der Waals surface area contributed by atoms with Gasteiger partial charge < -0.3 is 20.1 Å². The van der Waals surface area contributed by atoms with Crippen LogP contribution in [0.2, 0.25) is 5.02 Å². The van der Waals surface area contributed by atoms with Gasteiger partial charge in [-0.15, -0.1) is 0 Å². The van der Waals surface area contributed by atoms with E-state index in [0.29, 0.717) is 16.3 Å². The van der Waals surface area contributed by atoms with Crippen molar-refractivity contribution in [3.05, 3.63) is 58.7 Å². The average molecular weight is 401 g/mol. The first-order valence-electron chi connectivity index (χ1n) is 8.16. The first kappa shape index (κ1) is 19.2. The maximum Gasteiger partial charge on any atom is 0.348 e. The van der Waals surface area contributed by atoms with Crippen molar-refractivity contribution in [2.24, 2.45) is 4.99 Å². The molecule has 1 saturated heterocycles. The molecule has 1 fully saturated rings. The predicted molar refractivity (Wildman–Crippen MR) is 106 cm³/mol. The highest BCUT2D eigenvalue weighted by molar-refractivity contribution is 6.30. The summed E-state index contributed by atoms with van der Waals surface area (Å²) in [6.07, 6.45) is 1.59. The summed E-state index contributed by atoms with van der Waals surface area (Å²) in [5.74, 6) is -0.0515. The molecule has 0 aromatic heterocycles. The van der Waals surface area contributed by atoms with Crippen LogP contribution < -0.4 is 15.4 Å². The van der Waals surface area contributed by atoms with Gasteiger partial charge in [0, 0.05) is 17.8 Å². The molecule has 0 atom stereocenters. The van der Waals surface area contributed by atoms with E-state index in [1.807, 2.05) is 0 Å². The van der Waals surface area contributed by atoms with Crippen LogP contribution >= 0.6 is 11.6 Å². The molecule has 0 bridgehead atoms. The quantitative estimate of drug-likeness (QED) is 0.687. The largest absolute Gasteiger partial charge is 0.504 e. The number of carbonyl (C=O) groups excluding carboxylic acids is 2. The monoisotopic (exact) mass is 400 g/mol. The molecule has 0 radical (unpaired) electrons. The maximum absolute atomic E-state index is 12.3. The van der Waals surface area contributed by atoms with Crippen molar-refractivity contribution in [2.45, 2.75) is 0 Å². The number of nitrogens with zero attached hydrogens (tertiary/aromatic N) is 2. The van der Waals surface area contributed by atoms with Gasteiger partial charge in [0.15, 0.2) is 11.5 Å². The van der Waals surface area contributed by atoms with E-state index in [0.717, 1.165) is 0 Å². The number of nitrogens with one attached hydrogen (secondary N) is 2. The average Bonchev–Trinajstić information content (AvgIpc) is 2.90. The van der Waals surface area contributed by atoms with Gasteiger partial charge in [-0.3, -0.25) is 10.1 Å². The number of halogens is 1. The Morgan fingerprint density at radius 1 is 1.32 bits per heavy atom. The minimum absolute atomic E-state index is 0.00573. The topological polar surface area (TPSA) is 103 Å². The van der Waals surface area contributed by atoms with E-state index in [1.54, 1.807) is 49.5 Å². The summed E-state index contributed by atoms with van der Waals surface area (Å²) in [6.45, 7) is 0. The van der Waals surface area contributed by atoms with Crippen molar-refractivity contribution in [2.75, 3.05) is 19.5 Å². The smallest absolute Gasteiger partial charge is 0.348 e. The summed E-state index contributed by atoms with van der Waals surface area (Å²) in [4.78, 5) is 29.7. The molecule has 8 nitrogen and oxygen atoms in total. The number of likely N-dealkylation sites (N-methyl/N-ethyl adjacent to an activating group) is 1. The second kappa shape index (κ2) is 8.01. The number of amides is 3. The molecule has 0 spiro atoms. The number of anilines is 1. The van der Waals surface area contributed by atoms with E-state index in [1.165, 1.54) is 18.1 Å².